The Balaban J connectivity index is 1.65. The van der Waals surface area contributed by atoms with Crippen molar-refractivity contribution in [3.63, 3.8) is 0 Å². The number of carbonyl (C=O) groups excluding carboxylic acids is 1. The molecule has 0 unspecified atom stereocenters. The lowest BCUT2D eigenvalue weighted by atomic mass is 10.2. The number of para-hydroxylation sites is 1. The molecule has 0 saturated carbocycles. The first-order valence-corrected chi connectivity index (χ1v) is 10.3. The third-order valence-electron chi connectivity index (χ3n) is 4.39. The van der Waals surface area contributed by atoms with Crippen molar-refractivity contribution in [2.75, 3.05) is 13.2 Å². The number of ether oxygens (including phenoxy) is 3. The molecule has 32 heavy (non-hydrogen) atoms. The molecule has 0 aliphatic carbocycles. The summed E-state index contributed by atoms with van der Waals surface area (Å²) in [5.41, 5.74) is 4.77. The summed E-state index contributed by atoms with van der Waals surface area (Å²) in [5, 5.41) is 4.09. The Morgan fingerprint density at radius 1 is 0.938 bits per heavy atom. The number of rotatable bonds is 11. The largest absolute Gasteiger partial charge is 0.490 e. The number of nitrogens with zero attached hydrogens (tertiary/aromatic N) is 1. The molecule has 0 heterocycles. The molecule has 1 N–H and O–H groups in total. The summed E-state index contributed by atoms with van der Waals surface area (Å²) >= 11 is 0. The van der Waals surface area contributed by atoms with Crippen molar-refractivity contribution in [3.8, 4) is 17.2 Å². The quantitative estimate of drug-likeness (QED) is 0.264. The summed E-state index contributed by atoms with van der Waals surface area (Å²) < 4.78 is 17.1. The number of hydrogen-bond donors (Lipinski definition) is 1. The molecule has 1 amide bonds. The molecule has 6 heteroatoms. The Kier molecular flexibility index (Phi) is 8.45. The van der Waals surface area contributed by atoms with Crippen LogP contribution in [0.2, 0.25) is 0 Å². The van der Waals surface area contributed by atoms with Crippen LogP contribution in [0.1, 0.15) is 28.4 Å². The third-order valence-corrected chi connectivity index (χ3v) is 4.39. The number of hydrogen-bond acceptors (Lipinski definition) is 5. The van der Waals surface area contributed by atoms with Crippen molar-refractivity contribution in [1.29, 1.82) is 0 Å². The van der Waals surface area contributed by atoms with E-state index in [9.17, 15) is 4.79 Å². The molecule has 3 aromatic carbocycles. The van der Waals surface area contributed by atoms with Gasteiger partial charge in [-0.05, 0) is 42.8 Å². The Morgan fingerprint density at radius 2 is 1.72 bits per heavy atom. The fourth-order valence-electron chi connectivity index (χ4n) is 2.86. The minimum absolute atomic E-state index is 0.349. The van der Waals surface area contributed by atoms with Crippen LogP contribution in [-0.2, 0) is 6.61 Å². The maximum atomic E-state index is 12.5. The second-order valence-corrected chi connectivity index (χ2v) is 6.71. The highest BCUT2D eigenvalue weighted by molar-refractivity contribution is 5.95. The van der Waals surface area contributed by atoms with E-state index in [4.69, 9.17) is 14.2 Å². The molecule has 0 aliphatic rings. The van der Waals surface area contributed by atoms with E-state index < -0.39 is 0 Å². The Labute approximate surface area is 188 Å². The molecule has 0 saturated heterocycles. The van der Waals surface area contributed by atoms with Crippen LogP contribution < -0.4 is 19.6 Å². The average molecular weight is 431 g/mol. The van der Waals surface area contributed by atoms with Crippen LogP contribution >= 0.6 is 0 Å². The van der Waals surface area contributed by atoms with Gasteiger partial charge in [0, 0.05) is 11.1 Å². The zero-order valence-corrected chi connectivity index (χ0v) is 18.0. The van der Waals surface area contributed by atoms with E-state index in [0.29, 0.717) is 42.6 Å². The van der Waals surface area contributed by atoms with E-state index in [-0.39, 0.29) is 5.91 Å². The van der Waals surface area contributed by atoms with Crippen LogP contribution in [0.15, 0.2) is 90.6 Å². The molecule has 0 atom stereocenters. The molecule has 0 aromatic heterocycles. The SMILES string of the molecule is C=CCOc1ccc(C(=O)N/N=C/c2ccccc2OCc2ccccc2)cc1OCC. The van der Waals surface area contributed by atoms with Gasteiger partial charge in [-0.2, -0.15) is 5.10 Å². The lowest BCUT2D eigenvalue weighted by Gasteiger charge is -2.12. The smallest absolute Gasteiger partial charge is 0.271 e. The summed E-state index contributed by atoms with van der Waals surface area (Å²) in [7, 11) is 0. The van der Waals surface area contributed by atoms with Gasteiger partial charge >= 0.3 is 0 Å². The molecular weight excluding hydrogens is 404 g/mol. The molecule has 0 fully saturated rings. The molecule has 0 spiro atoms. The predicted molar refractivity (Wildman–Crippen MR) is 126 cm³/mol. The summed E-state index contributed by atoms with van der Waals surface area (Å²) in [6, 6.07) is 22.4. The number of nitrogens with one attached hydrogen (secondary N) is 1. The van der Waals surface area contributed by atoms with Gasteiger partial charge in [0.05, 0.1) is 12.8 Å². The van der Waals surface area contributed by atoms with Crippen LogP contribution in [0, 0.1) is 0 Å². The average Bonchev–Trinajstić information content (AvgIpc) is 2.83. The van der Waals surface area contributed by atoms with E-state index in [2.05, 4.69) is 17.1 Å². The Hall–Kier alpha value is -4.06. The van der Waals surface area contributed by atoms with Gasteiger partial charge in [-0.25, -0.2) is 5.43 Å². The predicted octanol–water partition coefficient (Wildman–Crippen LogP) is 4.99. The van der Waals surface area contributed by atoms with E-state index in [1.165, 1.54) is 0 Å². The van der Waals surface area contributed by atoms with Crippen molar-refractivity contribution in [2.45, 2.75) is 13.5 Å². The number of carbonyl (C=O) groups is 1. The van der Waals surface area contributed by atoms with Crippen molar-refractivity contribution in [1.82, 2.24) is 5.43 Å². The monoisotopic (exact) mass is 430 g/mol. The van der Waals surface area contributed by atoms with Gasteiger partial charge in [0.2, 0.25) is 0 Å². The van der Waals surface area contributed by atoms with Crippen LogP contribution in [0.5, 0.6) is 17.2 Å². The Morgan fingerprint density at radius 3 is 2.50 bits per heavy atom. The van der Waals surface area contributed by atoms with Crippen LogP contribution in [-0.4, -0.2) is 25.3 Å². The van der Waals surface area contributed by atoms with E-state index in [1.807, 2.05) is 61.5 Å². The van der Waals surface area contributed by atoms with Crippen molar-refractivity contribution >= 4 is 12.1 Å². The molecule has 0 aliphatic heterocycles. The lowest BCUT2D eigenvalue weighted by molar-refractivity contribution is 0.0954. The molecular formula is C26H26N2O4. The van der Waals surface area contributed by atoms with Crippen molar-refractivity contribution < 1.29 is 19.0 Å². The van der Waals surface area contributed by atoms with E-state index in [0.717, 1.165) is 11.1 Å². The van der Waals surface area contributed by atoms with Gasteiger partial charge in [-0.1, -0.05) is 55.1 Å². The van der Waals surface area contributed by atoms with E-state index >= 15 is 0 Å². The van der Waals surface area contributed by atoms with Crippen LogP contribution in [0.3, 0.4) is 0 Å². The number of amides is 1. The topological polar surface area (TPSA) is 69.2 Å². The van der Waals surface area contributed by atoms with Crippen molar-refractivity contribution in [2.24, 2.45) is 5.10 Å². The first-order valence-electron chi connectivity index (χ1n) is 10.3. The molecule has 0 radical (unpaired) electrons. The van der Waals surface area contributed by atoms with Gasteiger partial charge < -0.3 is 14.2 Å². The van der Waals surface area contributed by atoms with Gasteiger partial charge in [0.1, 0.15) is 19.0 Å². The number of benzene rings is 3. The highest BCUT2D eigenvalue weighted by Gasteiger charge is 2.11. The van der Waals surface area contributed by atoms with Crippen LogP contribution in [0.4, 0.5) is 0 Å². The maximum Gasteiger partial charge on any atom is 0.271 e. The first kappa shape index (κ1) is 22.6. The van der Waals surface area contributed by atoms with Gasteiger partial charge in [0.25, 0.3) is 5.91 Å². The third kappa shape index (κ3) is 6.47. The standard InChI is InChI=1S/C26H26N2O4/c1-3-16-31-24-15-14-21(17-25(24)30-4-2)26(29)28-27-18-22-12-8-9-13-23(22)32-19-20-10-6-5-7-11-20/h3,5-15,17-18H,1,4,16,19H2,2H3,(H,28,29)/b27-18+. The molecule has 0 bridgehead atoms. The van der Waals surface area contributed by atoms with Crippen molar-refractivity contribution in [3.05, 3.63) is 102 Å². The molecule has 164 valence electrons. The van der Waals surface area contributed by atoms with Crippen LogP contribution in [0.25, 0.3) is 0 Å². The molecule has 3 rings (SSSR count). The summed E-state index contributed by atoms with van der Waals surface area (Å²) in [5.74, 6) is 1.36. The lowest BCUT2D eigenvalue weighted by Crippen LogP contribution is -2.18. The second-order valence-electron chi connectivity index (χ2n) is 6.71. The van der Waals surface area contributed by atoms with E-state index in [1.54, 1.807) is 30.5 Å². The maximum absolute atomic E-state index is 12.5. The van der Waals surface area contributed by atoms with Gasteiger partial charge in [-0.3, -0.25) is 4.79 Å². The zero-order chi connectivity index (χ0) is 22.6. The van der Waals surface area contributed by atoms with Gasteiger partial charge in [-0.15, -0.1) is 0 Å². The van der Waals surface area contributed by atoms with Gasteiger partial charge in [0.15, 0.2) is 11.5 Å². The molecule has 6 nitrogen and oxygen atoms in total. The second kappa shape index (κ2) is 12.0. The minimum atomic E-state index is -0.361. The molecule has 3 aromatic rings. The summed E-state index contributed by atoms with van der Waals surface area (Å²) in [6.45, 7) is 6.74. The highest BCUT2D eigenvalue weighted by atomic mass is 16.5. The summed E-state index contributed by atoms with van der Waals surface area (Å²) in [4.78, 5) is 12.5. The first-order chi connectivity index (χ1) is 15.7. The fourth-order valence-corrected chi connectivity index (χ4v) is 2.86. The fraction of sp³-hybridized carbons (Fsp3) is 0.154. The highest BCUT2D eigenvalue weighted by Crippen LogP contribution is 2.28. The Bertz CT molecular complexity index is 1060. The minimum Gasteiger partial charge on any atom is -0.490 e. The normalized spacial score (nSPS) is 10.5. The zero-order valence-electron chi connectivity index (χ0n) is 18.0. The number of hydrazone groups is 1. The summed E-state index contributed by atoms with van der Waals surface area (Å²) in [6.07, 6.45) is 3.20.